The standard InChI is InChI=1S/C72H51NO2Si/c1-71(2)57-37-38-63-67(51-29-17-19-31-61(51)74-63)66(57)56-42-59-55(41-60(56)71)50-35-33-46(39-58(50)72(59,3)4)73(45-23-11-6-12-24-45)47-34-36-53-64(40-47)76(48-25-13-7-14-26-48,49-27-15-8-16-28-49)65-43-54(44-21-9-5-10-22-44)70-69(68(53)65)52-30-18-20-32-62(52)75-70/h5-43H,1-4H3. The van der Waals surface area contributed by atoms with Crippen LogP contribution >= 0.6 is 0 Å². The van der Waals surface area contributed by atoms with Gasteiger partial charge in [0.15, 0.2) is 8.07 Å². The van der Waals surface area contributed by atoms with E-state index in [1.807, 2.05) is 0 Å². The molecular formula is C72H51NO2Si. The molecule has 3 nitrogen and oxygen atoms in total. The second-order valence-corrected chi connectivity index (χ2v) is 26.0. The minimum atomic E-state index is -3.08. The predicted molar refractivity (Wildman–Crippen MR) is 319 cm³/mol. The van der Waals surface area contributed by atoms with Gasteiger partial charge < -0.3 is 13.7 Å². The molecule has 0 fully saturated rings. The molecule has 0 N–H and O–H groups in total. The summed E-state index contributed by atoms with van der Waals surface area (Å²) in [6.45, 7) is 9.63. The number of anilines is 3. The van der Waals surface area contributed by atoms with E-state index in [9.17, 15) is 0 Å². The van der Waals surface area contributed by atoms with Crippen LogP contribution in [-0.4, -0.2) is 8.07 Å². The van der Waals surface area contributed by atoms with Crippen molar-refractivity contribution in [1.29, 1.82) is 0 Å². The second kappa shape index (κ2) is 15.5. The van der Waals surface area contributed by atoms with Crippen molar-refractivity contribution in [3.05, 3.63) is 259 Å². The Labute approximate surface area is 443 Å². The molecule has 4 heteroatoms. The molecule has 0 radical (unpaired) electrons. The summed E-state index contributed by atoms with van der Waals surface area (Å²) in [4.78, 5) is 2.50. The lowest BCUT2D eigenvalue weighted by molar-refractivity contribution is 0.651. The highest BCUT2D eigenvalue weighted by Gasteiger charge is 2.51. The van der Waals surface area contributed by atoms with Crippen LogP contribution in [0.3, 0.4) is 0 Å². The monoisotopic (exact) mass is 989 g/mol. The van der Waals surface area contributed by atoms with E-state index in [4.69, 9.17) is 8.83 Å². The maximum Gasteiger partial charge on any atom is 0.180 e. The SMILES string of the molecule is CC1(C)c2cc(N(c3ccccc3)c3ccc4c(c3)[Si](c3ccccc3)(c3ccccc3)c3cc(-c5ccccc5)c5oc6ccccc6c5c3-4)ccc2-c2cc3c(cc21)-c1c(ccc2oc4ccccc4c12)C3(C)C. The fourth-order valence-electron chi connectivity index (χ4n) is 14.2. The zero-order valence-electron chi connectivity index (χ0n) is 42.8. The first-order valence-electron chi connectivity index (χ1n) is 26.7. The number of nitrogens with zero attached hydrogens (tertiary/aromatic N) is 1. The van der Waals surface area contributed by atoms with Crippen LogP contribution < -0.4 is 25.6 Å². The Bertz CT molecular complexity index is 4530. The molecule has 0 atom stereocenters. The van der Waals surface area contributed by atoms with Gasteiger partial charge in [-0.1, -0.05) is 191 Å². The summed E-state index contributed by atoms with van der Waals surface area (Å²) in [5, 5.41) is 10.2. The predicted octanol–water partition coefficient (Wildman–Crippen LogP) is 16.6. The van der Waals surface area contributed by atoms with E-state index in [1.165, 1.54) is 92.5 Å². The summed E-state index contributed by atoms with van der Waals surface area (Å²) >= 11 is 0. The van der Waals surface area contributed by atoms with Crippen LogP contribution in [-0.2, 0) is 10.8 Å². The third-order valence-electron chi connectivity index (χ3n) is 17.7. The van der Waals surface area contributed by atoms with Gasteiger partial charge in [-0.3, -0.25) is 0 Å². The molecule has 3 heterocycles. The zero-order chi connectivity index (χ0) is 50.7. The first kappa shape index (κ1) is 43.4. The number of hydrogen-bond donors (Lipinski definition) is 0. The van der Waals surface area contributed by atoms with Crippen LogP contribution in [0, 0.1) is 0 Å². The molecule has 3 aliphatic rings. The molecule has 0 spiro atoms. The number of fused-ring (bicyclic) bond motifs is 17. The Morgan fingerprint density at radius 2 is 0.882 bits per heavy atom. The van der Waals surface area contributed by atoms with E-state index >= 15 is 0 Å². The van der Waals surface area contributed by atoms with Crippen molar-refractivity contribution in [3.8, 4) is 44.5 Å². The van der Waals surface area contributed by atoms with Crippen LogP contribution in [0.5, 0.6) is 0 Å². The molecule has 0 saturated heterocycles. The van der Waals surface area contributed by atoms with Gasteiger partial charge in [0.05, 0.1) is 0 Å². The van der Waals surface area contributed by atoms with Gasteiger partial charge in [-0.25, -0.2) is 0 Å². The molecule has 11 aromatic carbocycles. The van der Waals surface area contributed by atoms with Crippen LogP contribution in [0.4, 0.5) is 17.1 Å². The minimum Gasteiger partial charge on any atom is -0.456 e. The summed E-state index contributed by atoms with van der Waals surface area (Å²) in [6, 6.07) is 88.3. The molecule has 0 bridgehead atoms. The highest BCUT2D eigenvalue weighted by atomic mass is 28.3. The van der Waals surface area contributed by atoms with Crippen molar-refractivity contribution in [2.75, 3.05) is 4.90 Å². The maximum absolute atomic E-state index is 6.99. The average molecular weight is 990 g/mol. The Morgan fingerprint density at radius 3 is 1.58 bits per heavy atom. The fourth-order valence-corrected chi connectivity index (χ4v) is 19.5. The number of rotatable bonds is 6. The molecule has 13 aromatic rings. The summed E-state index contributed by atoms with van der Waals surface area (Å²) in [5.41, 5.74) is 22.1. The molecule has 2 aromatic heterocycles. The highest BCUT2D eigenvalue weighted by molar-refractivity contribution is 7.22. The van der Waals surface area contributed by atoms with Crippen LogP contribution in [0.15, 0.2) is 245 Å². The van der Waals surface area contributed by atoms with Gasteiger partial charge in [0.1, 0.15) is 22.3 Å². The zero-order valence-corrected chi connectivity index (χ0v) is 43.8. The molecular weight excluding hydrogens is 939 g/mol. The lowest BCUT2D eigenvalue weighted by atomic mass is 9.79. The van der Waals surface area contributed by atoms with Gasteiger partial charge in [0.25, 0.3) is 0 Å². The van der Waals surface area contributed by atoms with Gasteiger partial charge in [0, 0.05) is 55.0 Å². The molecule has 1 aliphatic heterocycles. The van der Waals surface area contributed by atoms with Crippen molar-refractivity contribution < 1.29 is 8.83 Å². The van der Waals surface area contributed by atoms with Crippen LogP contribution in [0.1, 0.15) is 49.9 Å². The molecule has 0 amide bonds. The molecule has 360 valence electrons. The lowest BCUT2D eigenvalue weighted by Crippen LogP contribution is -2.72. The lowest BCUT2D eigenvalue weighted by Gasteiger charge is -2.33. The van der Waals surface area contributed by atoms with Gasteiger partial charge in [0.2, 0.25) is 0 Å². The van der Waals surface area contributed by atoms with Crippen LogP contribution in [0.25, 0.3) is 88.4 Å². The van der Waals surface area contributed by atoms with Gasteiger partial charge in [-0.2, -0.15) is 0 Å². The topological polar surface area (TPSA) is 29.5 Å². The molecule has 16 rings (SSSR count). The van der Waals surface area contributed by atoms with Crippen molar-refractivity contribution in [3.63, 3.8) is 0 Å². The van der Waals surface area contributed by atoms with E-state index in [-0.39, 0.29) is 10.8 Å². The number of benzene rings is 11. The third-order valence-corrected chi connectivity index (χ3v) is 22.5. The quantitative estimate of drug-likeness (QED) is 0.156. The van der Waals surface area contributed by atoms with E-state index in [0.29, 0.717) is 0 Å². The molecule has 76 heavy (non-hydrogen) atoms. The second-order valence-electron chi connectivity index (χ2n) is 22.3. The van der Waals surface area contributed by atoms with E-state index in [0.717, 1.165) is 55.9 Å². The summed E-state index contributed by atoms with van der Waals surface area (Å²) in [6.07, 6.45) is 0. The van der Waals surface area contributed by atoms with Gasteiger partial charge >= 0.3 is 0 Å². The third kappa shape index (κ3) is 5.71. The van der Waals surface area contributed by atoms with Crippen molar-refractivity contribution in [1.82, 2.24) is 0 Å². The van der Waals surface area contributed by atoms with E-state index in [2.05, 4.69) is 269 Å². The Morgan fingerprint density at radius 1 is 0.342 bits per heavy atom. The number of para-hydroxylation sites is 3. The normalized spacial score (nSPS) is 14.9. The first-order valence-corrected chi connectivity index (χ1v) is 28.7. The fraction of sp³-hybridized carbons (Fsp3) is 0.0833. The number of furan rings is 2. The minimum absolute atomic E-state index is 0.186. The maximum atomic E-state index is 6.99. The van der Waals surface area contributed by atoms with Crippen molar-refractivity contribution in [2.45, 2.75) is 38.5 Å². The highest BCUT2D eigenvalue weighted by Crippen LogP contribution is 2.59. The summed E-state index contributed by atoms with van der Waals surface area (Å²) in [7, 11) is -3.08. The van der Waals surface area contributed by atoms with E-state index < -0.39 is 8.07 Å². The van der Waals surface area contributed by atoms with Gasteiger partial charge in [-0.05, 0) is 155 Å². The van der Waals surface area contributed by atoms with Gasteiger partial charge in [-0.15, -0.1) is 0 Å². The first-order chi connectivity index (χ1) is 37.2. The largest absolute Gasteiger partial charge is 0.456 e. The Kier molecular flexibility index (Phi) is 8.89. The molecule has 0 saturated carbocycles. The number of hydrogen-bond acceptors (Lipinski definition) is 3. The summed E-state index contributed by atoms with van der Waals surface area (Å²) < 4.78 is 13.5. The van der Waals surface area contributed by atoms with Crippen molar-refractivity contribution in [2.24, 2.45) is 0 Å². The molecule has 2 aliphatic carbocycles. The van der Waals surface area contributed by atoms with E-state index in [1.54, 1.807) is 0 Å². The van der Waals surface area contributed by atoms with Crippen molar-refractivity contribution >= 4 is 89.8 Å². The summed E-state index contributed by atoms with van der Waals surface area (Å²) in [5.74, 6) is 0. The van der Waals surface area contributed by atoms with Crippen LogP contribution in [0.2, 0.25) is 0 Å². The molecule has 0 unspecified atom stereocenters. The Balaban J connectivity index is 0.921. The average Bonchev–Trinajstić information content (AvgIpc) is 4.43. The Hall–Kier alpha value is -8.96. The smallest absolute Gasteiger partial charge is 0.180 e.